The normalized spacial score (nSPS) is 21.9. The molecule has 1 saturated heterocycles. The highest BCUT2D eigenvalue weighted by Crippen LogP contribution is 2.23. The third-order valence-electron chi connectivity index (χ3n) is 5.39. The molecule has 24 heavy (non-hydrogen) atoms. The number of nitrogens with one attached hydrogen (secondary N) is 1. The van der Waals surface area contributed by atoms with Crippen molar-refractivity contribution >= 4 is 11.8 Å². The second kappa shape index (κ2) is 8.32. The van der Waals surface area contributed by atoms with E-state index in [0.717, 1.165) is 13.0 Å². The van der Waals surface area contributed by atoms with E-state index in [1.807, 2.05) is 23.1 Å². The van der Waals surface area contributed by atoms with E-state index >= 15 is 0 Å². The fraction of sp³-hybridized carbons (Fsp3) is 0.600. The van der Waals surface area contributed by atoms with Gasteiger partial charge in [0, 0.05) is 26.1 Å². The van der Waals surface area contributed by atoms with Crippen molar-refractivity contribution in [3.63, 3.8) is 0 Å². The third-order valence-corrected chi connectivity index (χ3v) is 5.39. The van der Waals surface area contributed by atoms with Crippen molar-refractivity contribution in [1.82, 2.24) is 10.2 Å². The molecule has 4 nitrogen and oxygen atoms in total. The molecule has 1 aliphatic heterocycles. The lowest BCUT2D eigenvalue weighted by Crippen LogP contribution is -2.36. The lowest BCUT2D eigenvalue weighted by atomic mass is 9.89. The summed E-state index contributed by atoms with van der Waals surface area (Å²) in [6, 6.07) is 10.2. The first-order valence-electron chi connectivity index (χ1n) is 9.32. The van der Waals surface area contributed by atoms with E-state index in [-0.39, 0.29) is 17.7 Å². The quantitative estimate of drug-likeness (QED) is 0.873. The van der Waals surface area contributed by atoms with Crippen LogP contribution in [0, 0.1) is 11.8 Å². The van der Waals surface area contributed by atoms with Crippen LogP contribution in [0.2, 0.25) is 0 Å². The van der Waals surface area contributed by atoms with Crippen molar-refractivity contribution in [3.8, 4) is 0 Å². The van der Waals surface area contributed by atoms with Gasteiger partial charge in [0.2, 0.25) is 11.8 Å². The number of likely N-dealkylation sites (tertiary alicyclic amines) is 1. The van der Waals surface area contributed by atoms with Crippen LogP contribution in [0.25, 0.3) is 0 Å². The molecule has 0 spiro atoms. The molecule has 2 aliphatic rings. The zero-order valence-electron chi connectivity index (χ0n) is 14.4. The molecule has 2 amide bonds. The summed E-state index contributed by atoms with van der Waals surface area (Å²) in [6.45, 7) is 2.06. The molecule has 1 N–H and O–H groups in total. The molecule has 1 heterocycles. The van der Waals surface area contributed by atoms with E-state index in [9.17, 15) is 9.59 Å². The van der Waals surface area contributed by atoms with Gasteiger partial charge in [-0.2, -0.15) is 0 Å². The second-order valence-electron chi connectivity index (χ2n) is 7.23. The lowest BCUT2D eigenvalue weighted by Gasteiger charge is -2.22. The average molecular weight is 328 g/mol. The average Bonchev–Trinajstić information content (AvgIpc) is 3.00. The molecular formula is C20H28N2O2. The topological polar surface area (TPSA) is 49.4 Å². The first kappa shape index (κ1) is 17.0. The Morgan fingerprint density at radius 1 is 1.12 bits per heavy atom. The number of nitrogens with zero attached hydrogens (tertiary/aromatic N) is 1. The van der Waals surface area contributed by atoms with Gasteiger partial charge in [0.1, 0.15) is 0 Å². The van der Waals surface area contributed by atoms with E-state index < -0.39 is 0 Å². The number of hydrogen-bond acceptors (Lipinski definition) is 2. The predicted molar refractivity (Wildman–Crippen MR) is 94.4 cm³/mol. The Hall–Kier alpha value is -1.84. The Balaban J connectivity index is 1.42. The number of hydrogen-bond donors (Lipinski definition) is 1. The maximum atomic E-state index is 12.4. The second-order valence-corrected chi connectivity index (χ2v) is 7.23. The van der Waals surface area contributed by atoms with Gasteiger partial charge < -0.3 is 10.2 Å². The Morgan fingerprint density at radius 3 is 2.62 bits per heavy atom. The van der Waals surface area contributed by atoms with E-state index in [2.05, 4.69) is 17.4 Å². The van der Waals surface area contributed by atoms with Gasteiger partial charge in [0.15, 0.2) is 0 Å². The highest BCUT2D eigenvalue weighted by molar-refractivity contribution is 5.89. The Kier molecular flexibility index (Phi) is 5.89. The van der Waals surface area contributed by atoms with Crippen LogP contribution >= 0.6 is 0 Å². The summed E-state index contributed by atoms with van der Waals surface area (Å²) < 4.78 is 0. The summed E-state index contributed by atoms with van der Waals surface area (Å²) in [6.07, 6.45) is 7.58. The smallest absolute Gasteiger partial charge is 0.225 e. The minimum absolute atomic E-state index is 0.0659. The van der Waals surface area contributed by atoms with Crippen molar-refractivity contribution in [2.24, 2.45) is 11.8 Å². The summed E-state index contributed by atoms with van der Waals surface area (Å²) >= 11 is 0. The van der Waals surface area contributed by atoms with Crippen LogP contribution < -0.4 is 5.32 Å². The van der Waals surface area contributed by atoms with Crippen LogP contribution in [-0.2, 0) is 16.0 Å². The summed E-state index contributed by atoms with van der Waals surface area (Å²) in [5.41, 5.74) is 1.23. The molecular weight excluding hydrogens is 300 g/mol. The number of amides is 2. The first-order chi connectivity index (χ1) is 11.7. The Morgan fingerprint density at radius 2 is 1.88 bits per heavy atom. The number of rotatable bonds is 6. The largest absolute Gasteiger partial charge is 0.356 e. The van der Waals surface area contributed by atoms with Gasteiger partial charge in [0.05, 0.1) is 5.92 Å². The standard InChI is InChI=1S/C20H28N2O2/c23-19-13-18(20(24)21-14-17-9-5-2-6-10-17)15-22(19)12-11-16-7-3-1-4-8-16/h1,3-4,7-8,17-18H,2,5-6,9-15H2,(H,21,24)/t18-/m1/s1. The minimum atomic E-state index is -0.170. The van der Waals surface area contributed by atoms with E-state index in [4.69, 9.17) is 0 Å². The number of carbonyl (C=O) groups excluding carboxylic acids is 2. The Labute approximate surface area is 144 Å². The predicted octanol–water partition coefficient (Wildman–Crippen LogP) is 2.77. The van der Waals surface area contributed by atoms with Crippen molar-refractivity contribution < 1.29 is 9.59 Å². The maximum absolute atomic E-state index is 12.4. The molecule has 0 aromatic heterocycles. The molecule has 1 atom stereocenters. The lowest BCUT2D eigenvalue weighted by molar-refractivity contribution is -0.129. The molecule has 2 fully saturated rings. The van der Waals surface area contributed by atoms with Crippen LogP contribution in [0.5, 0.6) is 0 Å². The zero-order valence-corrected chi connectivity index (χ0v) is 14.4. The monoisotopic (exact) mass is 328 g/mol. The summed E-state index contributed by atoms with van der Waals surface area (Å²) in [4.78, 5) is 26.4. The summed E-state index contributed by atoms with van der Waals surface area (Å²) in [7, 11) is 0. The molecule has 0 radical (unpaired) electrons. The Bertz CT molecular complexity index is 552. The van der Waals surface area contributed by atoms with E-state index in [1.165, 1.54) is 37.7 Å². The zero-order chi connectivity index (χ0) is 16.8. The van der Waals surface area contributed by atoms with E-state index in [0.29, 0.717) is 25.4 Å². The van der Waals surface area contributed by atoms with Crippen molar-refractivity contribution in [3.05, 3.63) is 35.9 Å². The molecule has 3 rings (SSSR count). The van der Waals surface area contributed by atoms with E-state index in [1.54, 1.807) is 0 Å². The first-order valence-corrected chi connectivity index (χ1v) is 9.32. The molecule has 0 bridgehead atoms. The number of benzene rings is 1. The van der Waals surface area contributed by atoms with Crippen LogP contribution in [-0.4, -0.2) is 36.3 Å². The maximum Gasteiger partial charge on any atom is 0.225 e. The van der Waals surface area contributed by atoms with Gasteiger partial charge in [-0.05, 0) is 30.7 Å². The third kappa shape index (κ3) is 4.59. The molecule has 4 heteroatoms. The van der Waals surface area contributed by atoms with Crippen molar-refractivity contribution in [1.29, 1.82) is 0 Å². The van der Waals surface area contributed by atoms with Crippen molar-refractivity contribution in [2.75, 3.05) is 19.6 Å². The molecule has 1 saturated carbocycles. The van der Waals surface area contributed by atoms with Gasteiger partial charge >= 0.3 is 0 Å². The SMILES string of the molecule is O=C(NCC1CCCCC1)[C@@H]1CC(=O)N(CCc2ccccc2)C1. The highest BCUT2D eigenvalue weighted by Gasteiger charge is 2.34. The van der Waals surface area contributed by atoms with Gasteiger partial charge in [0.25, 0.3) is 0 Å². The number of carbonyl (C=O) groups is 2. The molecule has 1 aromatic rings. The minimum Gasteiger partial charge on any atom is -0.356 e. The van der Waals surface area contributed by atoms with Crippen LogP contribution in [0.15, 0.2) is 30.3 Å². The van der Waals surface area contributed by atoms with Crippen molar-refractivity contribution in [2.45, 2.75) is 44.9 Å². The molecule has 0 unspecified atom stereocenters. The van der Waals surface area contributed by atoms with Gasteiger partial charge in [-0.3, -0.25) is 9.59 Å². The van der Waals surface area contributed by atoms with Gasteiger partial charge in [-0.25, -0.2) is 0 Å². The van der Waals surface area contributed by atoms with Crippen LogP contribution in [0.4, 0.5) is 0 Å². The molecule has 1 aliphatic carbocycles. The summed E-state index contributed by atoms with van der Waals surface area (Å²) in [5, 5.41) is 3.09. The van der Waals surface area contributed by atoms with Gasteiger partial charge in [-0.15, -0.1) is 0 Å². The van der Waals surface area contributed by atoms with Crippen LogP contribution in [0.3, 0.4) is 0 Å². The van der Waals surface area contributed by atoms with Gasteiger partial charge in [-0.1, -0.05) is 49.6 Å². The fourth-order valence-electron chi connectivity index (χ4n) is 3.85. The highest BCUT2D eigenvalue weighted by atomic mass is 16.2. The molecule has 130 valence electrons. The summed E-state index contributed by atoms with van der Waals surface area (Å²) in [5.74, 6) is 0.644. The molecule has 1 aromatic carbocycles. The fourth-order valence-corrected chi connectivity index (χ4v) is 3.85. The van der Waals surface area contributed by atoms with Crippen LogP contribution in [0.1, 0.15) is 44.1 Å².